The summed E-state index contributed by atoms with van der Waals surface area (Å²) in [6.45, 7) is 8.23. The van der Waals surface area contributed by atoms with Gasteiger partial charge in [0.2, 0.25) is 0 Å². The third-order valence-corrected chi connectivity index (χ3v) is 0.922. The molecule has 0 rings (SSSR count). The molecule has 1 atom stereocenters. The third-order valence-electron chi connectivity index (χ3n) is 0.922. The molecule has 1 unspecified atom stereocenters. The monoisotopic (exact) mass is 125 g/mol. The van der Waals surface area contributed by atoms with Crippen molar-refractivity contribution in [3.63, 3.8) is 0 Å². The Kier molecular flexibility index (Phi) is 2.85. The van der Waals surface area contributed by atoms with Crippen LogP contribution in [-0.4, -0.2) is 12.1 Å². The SMILES string of the molecule is [CH2]C(C=O)C(=O)C(=C)C. The van der Waals surface area contributed by atoms with Crippen molar-refractivity contribution in [1.82, 2.24) is 0 Å². The van der Waals surface area contributed by atoms with Crippen LogP contribution in [0.4, 0.5) is 0 Å². The Morgan fingerprint density at radius 3 is 2.22 bits per heavy atom. The smallest absolute Gasteiger partial charge is 0.168 e. The number of carbonyl (C=O) groups is 2. The number of rotatable bonds is 3. The van der Waals surface area contributed by atoms with Gasteiger partial charge in [0.1, 0.15) is 6.29 Å². The van der Waals surface area contributed by atoms with E-state index in [4.69, 9.17) is 0 Å². The number of Topliss-reactive ketones (excluding diaryl/α,β-unsaturated/α-hetero) is 1. The van der Waals surface area contributed by atoms with Crippen LogP contribution in [0, 0.1) is 12.8 Å². The Morgan fingerprint density at radius 2 is 2.11 bits per heavy atom. The maximum absolute atomic E-state index is 10.7. The van der Waals surface area contributed by atoms with E-state index in [1.54, 1.807) is 6.92 Å². The molecular weight excluding hydrogens is 116 g/mol. The molecule has 0 aliphatic heterocycles. The van der Waals surface area contributed by atoms with Crippen LogP contribution in [0.15, 0.2) is 12.2 Å². The second-order valence-corrected chi connectivity index (χ2v) is 1.89. The Morgan fingerprint density at radius 1 is 1.67 bits per heavy atom. The quantitative estimate of drug-likeness (QED) is 0.317. The summed E-state index contributed by atoms with van der Waals surface area (Å²) < 4.78 is 0. The number of hydrogen-bond donors (Lipinski definition) is 0. The van der Waals surface area contributed by atoms with Crippen molar-refractivity contribution in [2.24, 2.45) is 5.92 Å². The minimum absolute atomic E-state index is 0.287. The molecule has 0 fully saturated rings. The Bertz CT molecular complexity index is 147. The van der Waals surface area contributed by atoms with Crippen molar-refractivity contribution < 1.29 is 9.59 Å². The van der Waals surface area contributed by atoms with Crippen LogP contribution in [0.3, 0.4) is 0 Å². The first-order valence-corrected chi connectivity index (χ1v) is 2.57. The molecule has 0 heterocycles. The maximum Gasteiger partial charge on any atom is 0.168 e. The highest BCUT2D eigenvalue weighted by molar-refractivity contribution is 6.04. The number of aldehydes is 1. The molecule has 9 heavy (non-hydrogen) atoms. The number of allylic oxidation sites excluding steroid dienone is 1. The second-order valence-electron chi connectivity index (χ2n) is 1.89. The van der Waals surface area contributed by atoms with E-state index in [1.807, 2.05) is 0 Å². The van der Waals surface area contributed by atoms with E-state index in [1.165, 1.54) is 0 Å². The molecule has 0 saturated heterocycles. The zero-order valence-electron chi connectivity index (χ0n) is 5.39. The standard InChI is InChI=1S/C7H9O2/c1-5(2)7(9)6(3)4-8/h4,6H,1,3H2,2H3. The van der Waals surface area contributed by atoms with Crippen LogP contribution in [0.2, 0.25) is 0 Å². The Balaban J connectivity index is 4.03. The highest BCUT2D eigenvalue weighted by Crippen LogP contribution is 1.99. The van der Waals surface area contributed by atoms with Gasteiger partial charge >= 0.3 is 0 Å². The average molecular weight is 125 g/mol. The third kappa shape index (κ3) is 2.22. The highest BCUT2D eigenvalue weighted by Gasteiger charge is 2.10. The number of carbonyl (C=O) groups excluding carboxylic acids is 2. The molecule has 0 aromatic rings. The fraction of sp³-hybridized carbons (Fsp3) is 0.286. The fourth-order valence-electron chi connectivity index (χ4n) is 0.378. The van der Waals surface area contributed by atoms with Crippen molar-refractivity contribution in [2.45, 2.75) is 6.92 Å². The molecule has 1 radical (unpaired) electrons. The summed E-state index contributed by atoms with van der Waals surface area (Å²) in [5.74, 6) is -1.06. The predicted octanol–water partition coefficient (Wildman–Crippen LogP) is 0.781. The van der Waals surface area contributed by atoms with E-state index >= 15 is 0 Å². The van der Waals surface area contributed by atoms with Gasteiger partial charge < -0.3 is 4.79 Å². The van der Waals surface area contributed by atoms with Crippen molar-refractivity contribution in [3.05, 3.63) is 19.1 Å². The lowest BCUT2D eigenvalue weighted by Gasteiger charge is -1.98. The Labute approximate surface area is 54.6 Å². The number of hydrogen-bond acceptors (Lipinski definition) is 2. The van der Waals surface area contributed by atoms with Crippen molar-refractivity contribution >= 4 is 12.1 Å². The summed E-state index contributed by atoms with van der Waals surface area (Å²) in [7, 11) is 0. The van der Waals surface area contributed by atoms with E-state index in [0.29, 0.717) is 11.9 Å². The topological polar surface area (TPSA) is 34.1 Å². The zero-order chi connectivity index (χ0) is 7.44. The molecule has 0 spiro atoms. The lowest BCUT2D eigenvalue weighted by Crippen LogP contribution is -2.12. The van der Waals surface area contributed by atoms with E-state index in [9.17, 15) is 9.59 Å². The van der Waals surface area contributed by atoms with E-state index in [-0.39, 0.29) is 5.78 Å². The zero-order valence-corrected chi connectivity index (χ0v) is 5.39. The lowest BCUT2D eigenvalue weighted by molar-refractivity contribution is -0.122. The van der Waals surface area contributed by atoms with Gasteiger partial charge in [-0.05, 0) is 19.4 Å². The van der Waals surface area contributed by atoms with Crippen LogP contribution in [0.25, 0.3) is 0 Å². The molecule has 0 aliphatic rings. The van der Waals surface area contributed by atoms with Gasteiger partial charge in [0.15, 0.2) is 5.78 Å². The van der Waals surface area contributed by atoms with E-state index in [0.717, 1.165) is 0 Å². The normalized spacial score (nSPS) is 12.2. The average Bonchev–Trinajstić information content (AvgIpc) is 1.84. The first-order chi connectivity index (χ1) is 4.09. The predicted molar refractivity (Wildman–Crippen MR) is 34.7 cm³/mol. The highest BCUT2D eigenvalue weighted by atomic mass is 16.1. The van der Waals surface area contributed by atoms with Gasteiger partial charge in [-0.3, -0.25) is 4.79 Å². The van der Waals surface area contributed by atoms with Crippen LogP contribution < -0.4 is 0 Å². The van der Waals surface area contributed by atoms with Gasteiger partial charge in [0.25, 0.3) is 0 Å². The molecule has 0 aromatic heterocycles. The van der Waals surface area contributed by atoms with Crippen LogP contribution in [0.1, 0.15) is 6.92 Å². The molecule has 0 saturated carbocycles. The van der Waals surface area contributed by atoms with Crippen LogP contribution >= 0.6 is 0 Å². The molecule has 0 bridgehead atoms. The first kappa shape index (κ1) is 8.08. The minimum atomic E-state index is -0.775. The summed E-state index contributed by atoms with van der Waals surface area (Å²) in [6, 6.07) is 0. The molecule has 0 N–H and O–H groups in total. The maximum atomic E-state index is 10.7. The fourth-order valence-corrected chi connectivity index (χ4v) is 0.378. The summed E-state index contributed by atoms with van der Waals surface area (Å²) in [5, 5.41) is 0. The van der Waals surface area contributed by atoms with Gasteiger partial charge in [-0.25, -0.2) is 0 Å². The second kappa shape index (κ2) is 3.17. The van der Waals surface area contributed by atoms with Crippen LogP contribution in [0.5, 0.6) is 0 Å². The van der Waals surface area contributed by atoms with E-state index in [2.05, 4.69) is 13.5 Å². The largest absolute Gasteiger partial charge is 0.303 e. The van der Waals surface area contributed by atoms with Gasteiger partial charge in [0.05, 0.1) is 5.92 Å². The molecule has 2 nitrogen and oxygen atoms in total. The van der Waals surface area contributed by atoms with Gasteiger partial charge in [-0.2, -0.15) is 0 Å². The van der Waals surface area contributed by atoms with Crippen molar-refractivity contribution in [1.29, 1.82) is 0 Å². The molecule has 49 valence electrons. The molecule has 0 amide bonds. The number of ketones is 1. The molecule has 0 aromatic carbocycles. The van der Waals surface area contributed by atoms with E-state index < -0.39 is 5.92 Å². The lowest BCUT2D eigenvalue weighted by atomic mass is 10.0. The summed E-state index contributed by atoms with van der Waals surface area (Å²) in [6.07, 6.45) is 0.511. The van der Waals surface area contributed by atoms with Gasteiger partial charge in [-0.15, -0.1) is 0 Å². The van der Waals surface area contributed by atoms with Gasteiger partial charge in [-0.1, -0.05) is 6.58 Å². The summed E-state index contributed by atoms with van der Waals surface area (Å²) >= 11 is 0. The molecule has 2 heteroatoms. The van der Waals surface area contributed by atoms with Crippen molar-refractivity contribution in [2.75, 3.05) is 0 Å². The minimum Gasteiger partial charge on any atom is -0.303 e. The van der Waals surface area contributed by atoms with Gasteiger partial charge in [0, 0.05) is 0 Å². The molecule has 0 aliphatic carbocycles. The summed E-state index contributed by atoms with van der Waals surface area (Å²) in [4.78, 5) is 20.6. The van der Waals surface area contributed by atoms with Crippen molar-refractivity contribution in [3.8, 4) is 0 Å². The Hall–Kier alpha value is -0.920. The summed E-state index contributed by atoms with van der Waals surface area (Å²) in [5.41, 5.74) is 0.377. The van der Waals surface area contributed by atoms with Crippen LogP contribution in [-0.2, 0) is 9.59 Å². The first-order valence-electron chi connectivity index (χ1n) is 2.57. The molecular formula is C7H9O2.